The molecule has 2 atom stereocenters. The number of aliphatic hydroxyl groups excluding tert-OH is 1. The largest absolute Gasteiger partial charge is 0.395 e. The van der Waals surface area contributed by atoms with E-state index >= 15 is 0 Å². The second-order valence-corrected chi connectivity index (χ2v) is 6.21. The van der Waals surface area contributed by atoms with Gasteiger partial charge in [-0.05, 0) is 45.5 Å². The summed E-state index contributed by atoms with van der Waals surface area (Å²) >= 11 is 0. The highest BCUT2D eigenvalue weighted by Gasteiger charge is 2.35. The lowest BCUT2D eigenvalue weighted by atomic mass is 9.92. The van der Waals surface area contributed by atoms with Gasteiger partial charge in [-0.1, -0.05) is 36.8 Å². The maximum atomic E-state index is 12.4. The number of hydrogen-bond acceptors (Lipinski definition) is 4. The summed E-state index contributed by atoms with van der Waals surface area (Å²) in [6.45, 7) is 4.34. The fourth-order valence-electron chi connectivity index (χ4n) is 3.50. The maximum absolute atomic E-state index is 12.4. The molecule has 1 aromatic rings. The van der Waals surface area contributed by atoms with Crippen molar-refractivity contribution in [2.75, 3.05) is 33.3 Å². The molecule has 0 amide bonds. The van der Waals surface area contributed by atoms with Crippen molar-refractivity contribution in [2.24, 2.45) is 0 Å². The zero-order valence-corrected chi connectivity index (χ0v) is 13.7. The molecule has 1 fully saturated rings. The molecular weight excluding hydrogens is 276 g/mol. The van der Waals surface area contributed by atoms with E-state index in [0.29, 0.717) is 6.54 Å². The number of piperidine rings is 1. The van der Waals surface area contributed by atoms with Gasteiger partial charge in [0.1, 0.15) is 5.78 Å². The summed E-state index contributed by atoms with van der Waals surface area (Å²) in [5, 5.41) is 9.32. The first-order chi connectivity index (χ1) is 10.6. The highest BCUT2D eigenvalue weighted by Crippen LogP contribution is 2.29. The molecule has 0 saturated carbocycles. The van der Waals surface area contributed by atoms with E-state index in [4.69, 9.17) is 0 Å². The van der Waals surface area contributed by atoms with E-state index in [1.165, 1.54) is 6.42 Å². The van der Waals surface area contributed by atoms with Crippen LogP contribution >= 0.6 is 0 Å². The van der Waals surface area contributed by atoms with Crippen LogP contribution in [0.2, 0.25) is 0 Å². The number of benzene rings is 1. The molecule has 2 rings (SSSR count). The van der Waals surface area contributed by atoms with Crippen LogP contribution in [0.5, 0.6) is 0 Å². The van der Waals surface area contributed by atoms with Gasteiger partial charge in [-0.25, -0.2) is 0 Å². The standard InChI is InChI=1S/C18H28N2O2/c1-15(22)17(20-11-7-4-8-12-20)18(19(2)13-14-21)16-9-5-3-6-10-16/h3,5-6,9-10,17-18,21H,4,7-8,11-14H2,1-2H3. The molecule has 1 aromatic carbocycles. The molecule has 1 N–H and O–H groups in total. The van der Waals surface area contributed by atoms with E-state index in [-0.39, 0.29) is 24.5 Å². The molecule has 2 unspecified atom stereocenters. The number of likely N-dealkylation sites (tertiary alicyclic amines) is 1. The van der Waals surface area contributed by atoms with Gasteiger partial charge in [-0.2, -0.15) is 0 Å². The number of nitrogens with zero attached hydrogens (tertiary/aromatic N) is 2. The number of rotatable bonds is 7. The number of aliphatic hydroxyl groups is 1. The molecule has 1 aliphatic heterocycles. The SMILES string of the molecule is CC(=O)C(C(c1ccccc1)N(C)CCO)N1CCCCC1. The molecule has 0 bridgehead atoms. The first-order valence-corrected chi connectivity index (χ1v) is 8.25. The van der Waals surface area contributed by atoms with E-state index < -0.39 is 0 Å². The van der Waals surface area contributed by atoms with Gasteiger partial charge >= 0.3 is 0 Å². The number of likely N-dealkylation sites (N-methyl/N-ethyl adjacent to an activating group) is 1. The lowest BCUT2D eigenvalue weighted by molar-refractivity contribution is -0.125. The van der Waals surface area contributed by atoms with E-state index in [9.17, 15) is 9.90 Å². The summed E-state index contributed by atoms with van der Waals surface area (Å²) in [6, 6.07) is 10.0. The lowest BCUT2D eigenvalue weighted by Gasteiger charge is -2.41. The Morgan fingerprint density at radius 2 is 1.86 bits per heavy atom. The van der Waals surface area contributed by atoms with E-state index in [2.05, 4.69) is 21.9 Å². The Kier molecular flexibility index (Phi) is 6.55. The van der Waals surface area contributed by atoms with Gasteiger partial charge in [0.2, 0.25) is 0 Å². The van der Waals surface area contributed by atoms with Crippen LogP contribution in [0.15, 0.2) is 30.3 Å². The van der Waals surface area contributed by atoms with Gasteiger partial charge in [-0.3, -0.25) is 14.6 Å². The molecule has 22 heavy (non-hydrogen) atoms. The third-order valence-corrected chi connectivity index (χ3v) is 4.57. The van der Waals surface area contributed by atoms with Crippen molar-refractivity contribution in [1.82, 2.24) is 9.80 Å². The maximum Gasteiger partial charge on any atom is 0.148 e. The minimum Gasteiger partial charge on any atom is -0.395 e. The minimum atomic E-state index is -0.140. The van der Waals surface area contributed by atoms with Gasteiger partial charge in [0.25, 0.3) is 0 Å². The highest BCUT2D eigenvalue weighted by atomic mass is 16.3. The first kappa shape index (κ1) is 17.1. The quantitative estimate of drug-likeness (QED) is 0.838. The average Bonchev–Trinajstić information content (AvgIpc) is 2.54. The Bertz CT molecular complexity index is 457. The van der Waals surface area contributed by atoms with E-state index in [1.54, 1.807) is 6.92 Å². The van der Waals surface area contributed by atoms with Crippen molar-refractivity contribution in [3.8, 4) is 0 Å². The summed E-state index contributed by atoms with van der Waals surface area (Å²) in [7, 11) is 1.99. The lowest BCUT2D eigenvalue weighted by Crippen LogP contribution is -2.51. The van der Waals surface area contributed by atoms with Crippen molar-refractivity contribution < 1.29 is 9.90 Å². The highest BCUT2D eigenvalue weighted by molar-refractivity contribution is 5.82. The van der Waals surface area contributed by atoms with Crippen molar-refractivity contribution in [2.45, 2.75) is 38.3 Å². The number of carbonyl (C=O) groups is 1. The zero-order valence-electron chi connectivity index (χ0n) is 13.7. The van der Waals surface area contributed by atoms with Gasteiger partial charge in [0.15, 0.2) is 0 Å². The Balaban J connectivity index is 2.32. The molecule has 4 heteroatoms. The Hall–Kier alpha value is -1.23. The van der Waals surface area contributed by atoms with Crippen LogP contribution < -0.4 is 0 Å². The van der Waals surface area contributed by atoms with E-state index in [0.717, 1.165) is 31.5 Å². The van der Waals surface area contributed by atoms with Crippen LogP contribution in [0.3, 0.4) is 0 Å². The smallest absolute Gasteiger partial charge is 0.148 e. The van der Waals surface area contributed by atoms with Crippen LogP contribution in [0, 0.1) is 0 Å². The van der Waals surface area contributed by atoms with E-state index in [1.807, 2.05) is 25.2 Å². The fourth-order valence-corrected chi connectivity index (χ4v) is 3.50. The van der Waals surface area contributed by atoms with Crippen molar-refractivity contribution in [3.63, 3.8) is 0 Å². The Morgan fingerprint density at radius 1 is 1.23 bits per heavy atom. The van der Waals surface area contributed by atoms with Crippen LogP contribution in [-0.2, 0) is 4.79 Å². The fraction of sp³-hybridized carbons (Fsp3) is 0.611. The molecule has 0 spiro atoms. The van der Waals surface area contributed by atoms with Crippen molar-refractivity contribution in [3.05, 3.63) is 35.9 Å². The molecule has 0 aromatic heterocycles. The van der Waals surface area contributed by atoms with Crippen LogP contribution in [0.4, 0.5) is 0 Å². The van der Waals surface area contributed by atoms with Gasteiger partial charge in [0.05, 0.1) is 18.7 Å². The average molecular weight is 304 g/mol. The normalized spacial score (nSPS) is 19.1. The molecule has 122 valence electrons. The molecule has 1 heterocycles. The summed E-state index contributed by atoms with van der Waals surface area (Å²) in [5.74, 6) is 0.209. The summed E-state index contributed by atoms with van der Waals surface area (Å²) in [5.41, 5.74) is 1.14. The number of hydrogen-bond donors (Lipinski definition) is 1. The van der Waals surface area contributed by atoms with Crippen LogP contribution in [0.25, 0.3) is 0 Å². The summed E-state index contributed by atoms with van der Waals surface area (Å²) < 4.78 is 0. The van der Waals surface area contributed by atoms with Crippen molar-refractivity contribution in [1.29, 1.82) is 0 Å². The first-order valence-electron chi connectivity index (χ1n) is 8.25. The molecule has 0 aliphatic carbocycles. The van der Waals surface area contributed by atoms with Gasteiger partial charge < -0.3 is 5.11 Å². The monoisotopic (exact) mass is 304 g/mol. The predicted octanol–water partition coefficient (Wildman–Crippen LogP) is 2.10. The molecular formula is C18H28N2O2. The topological polar surface area (TPSA) is 43.8 Å². The molecule has 1 aliphatic rings. The molecule has 1 saturated heterocycles. The van der Waals surface area contributed by atoms with Gasteiger partial charge in [0, 0.05) is 6.54 Å². The van der Waals surface area contributed by atoms with Crippen molar-refractivity contribution >= 4 is 5.78 Å². The summed E-state index contributed by atoms with van der Waals surface area (Å²) in [6.07, 6.45) is 3.58. The number of ketones is 1. The number of carbonyl (C=O) groups excluding carboxylic acids is 1. The molecule has 0 radical (unpaired) electrons. The Labute approximate surface area is 133 Å². The second-order valence-electron chi connectivity index (χ2n) is 6.21. The zero-order chi connectivity index (χ0) is 15.9. The third-order valence-electron chi connectivity index (χ3n) is 4.57. The van der Waals surface area contributed by atoms with Gasteiger partial charge in [-0.15, -0.1) is 0 Å². The van der Waals surface area contributed by atoms with Crippen LogP contribution in [-0.4, -0.2) is 60.0 Å². The Morgan fingerprint density at radius 3 is 2.41 bits per heavy atom. The second kappa shape index (κ2) is 8.42. The summed E-state index contributed by atoms with van der Waals surface area (Å²) in [4.78, 5) is 16.9. The predicted molar refractivity (Wildman–Crippen MR) is 88.8 cm³/mol. The minimum absolute atomic E-state index is 0.0102. The number of Topliss-reactive ketones (excluding diaryl/α,β-unsaturated/α-hetero) is 1. The molecule has 4 nitrogen and oxygen atoms in total. The third kappa shape index (κ3) is 4.15. The van der Waals surface area contributed by atoms with Crippen LogP contribution in [0.1, 0.15) is 37.8 Å².